The summed E-state index contributed by atoms with van der Waals surface area (Å²) < 4.78 is 11.2. The zero-order valence-corrected chi connectivity index (χ0v) is 23.4. The number of nitrogens with zero attached hydrogens (tertiary/aromatic N) is 1. The van der Waals surface area contributed by atoms with Crippen LogP contribution in [0.4, 0.5) is 0 Å². The summed E-state index contributed by atoms with van der Waals surface area (Å²) in [4.78, 5) is 43.1. The van der Waals surface area contributed by atoms with Gasteiger partial charge in [-0.25, -0.2) is 4.98 Å². The Bertz CT molecular complexity index is 1510. The second-order valence-corrected chi connectivity index (χ2v) is 9.78. The van der Waals surface area contributed by atoms with Gasteiger partial charge in [0, 0.05) is 5.39 Å². The summed E-state index contributed by atoms with van der Waals surface area (Å²) in [6.07, 6.45) is 0.399. The van der Waals surface area contributed by atoms with E-state index in [2.05, 4.69) is 15.6 Å². The number of hydrogen-bond acceptors (Lipinski definition) is 8. The van der Waals surface area contributed by atoms with E-state index in [4.69, 9.17) is 20.9 Å². The summed E-state index contributed by atoms with van der Waals surface area (Å²) >= 11 is 0. The van der Waals surface area contributed by atoms with Crippen molar-refractivity contribution < 1.29 is 23.9 Å². The normalized spacial score (nSPS) is 13.1. The molecule has 218 valence electrons. The van der Waals surface area contributed by atoms with Gasteiger partial charge in [-0.2, -0.15) is 0 Å². The molecule has 0 saturated heterocycles. The fraction of sp³-hybridized carbons (Fsp3) is 0.250. The minimum Gasteiger partial charge on any atom is -0.491 e. The lowest BCUT2D eigenvalue weighted by Crippen LogP contribution is -2.57. The second-order valence-electron chi connectivity index (χ2n) is 9.78. The molecular weight excluding hydrogens is 534 g/mol. The Morgan fingerprint density at radius 3 is 2.33 bits per heavy atom. The van der Waals surface area contributed by atoms with Crippen molar-refractivity contribution in [1.82, 2.24) is 15.6 Å². The summed E-state index contributed by atoms with van der Waals surface area (Å²) in [6, 6.07) is 25.0. The third-order valence-electron chi connectivity index (χ3n) is 6.70. The van der Waals surface area contributed by atoms with Gasteiger partial charge >= 0.3 is 0 Å². The van der Waals surface area contributed by atoms with Crippen LogP contribution in [-0.2, 0) is 16.0 Å². The lowest BCUT2D eigenvalue weighted by Gasteiger charge is -2.28. The third kappa shape index (κ3) is 8.20. The number of ether oxygens (including phenoxy) is 2. The van der Waals surface area contributed by atoms with Crippen molar-refractivity contribution in [3.63, 3.8) is 0 Å². The molecule has 10 nitrogen and oxygen atoms in total. The summed E-state index contributed by atoms with van der Waals surface area (Å²) in [7, 11) is 0. The Kier molecular flexibility index (Phi) is 10.7. The Hall–Kier alpha value is -4.64. The summed E-state index contributed by atoms with van der Waals surface area (Å²) in [5, 5.41) is 6.57. The predicted molar refractivity (Wildman–Crippen MR) is 160 cm³/mol. The van der Waals surface area contributed by atoms with Crippen molar-refractivity contribution in [1.29, 1.82) is 0 Å². The average molecular weight is 570 g/mol. The van der Waals surface area contributed by atoms with Gasteiger partial charge in [0.1, 0.15) is 24.1 Å². The zero-order chi connectivity index (χ0) is 29.9. The smallest absolute Gasteiger partial charge is 0.270 e. The summed E-state index contributed by atoms with van der Waals surface area (Å²) in [5.74, 6) is -0.755. The third-order valence-corrected chi connectivity index (χ3v) is 6.70. The summed E-state index contributed by atoms with van der Waals surface area (Å²) in [5.41, 5.74) is 14.3. The van der Waals surface area contributed by atoms with Gasteiger partial charge in [-0.3, -0.25) is 14.4 Å². The molecule has 1 aromatic heterocycles. The van der Waals surface area contributed by atoms with Crippen molar-refractivity contribution in [2.24, 2.45) is 11.5 Å². The number of hydrogen-bond donors (Lipinski definition) is 4. The number of amides is 2. The van der Waals surface area contributed by atoms with Crippen LogP contribution in [0.15, 0.2) is 91.0 Å². The van der Waals surface area contributed by atoms with Crippen molar-refractivity contribution in [2.45, 2.75) is 31.5 Å². The average Bonchev–Trinajstić information content (AvgIpc) is 3.01. The van der Waals surface area contributed by atoms with E-state index in [9.17, 15) is 14.4 Å². The first-order valence-electron chi connectivity index (χ1n) is 13.6. The number of carbonyl (C=O) groups excluding carboxylic acids is 3. The molecular formula is C32H35N5O5. The maximum atomic E-state index is 13.5. The van der Waals surface area contributed by atoms with Gasteiger partial charge in [-0.15, -0.1) is 0 Å². The first kappa shape index (κ1) is 30.3. The van der Waals surface area contributed by atoms with E-state index in [1.807, 2.05) is 48.5 Å². The highest BCUT2D eigenvalue weighted by atomic mass is 16.5. The van der Waals surface area contributed by atoms with E-state index in [-0.39, 0.29) is 31.4 Å². The molecule has 0 fully saturated rings. The fourth-order valence-electron chi connectivity index (χ4n) is 4.44. The molecule has 0 unspecified atom stereocenters. The quantitative estimate of drug-likeness (QED) is 0.133. The van der Waals surface area contributed by atoms with Crippen LogP contribution >= 0.6 is 0 Å². The standard InChI is InChI=1S/C32H35N5O5/c1-21(38)24-12-6-8-14-30(24)42-18-25(34)28(17-22-9-3-2-4-10-22)36-32(40)29(19-41-20-33)37-31(39)27-16-15-23-11-5-7-13-26(23)35-27/h2-16,25,28-29H,17-20,33-34H2,1H3,(H,36,40)(H,37,39)/t25-,28+,29+/m1/s1. The SMILES string of the molecule is CC(=O)c1ccccc1OC[C@@H](N)[C@H](Cc1ccccc1)NC(=O)[C@H](COCN)NC(=O)c1ccc2ccccc2n1. The first-order chi connectivity index (χ1) is 20.4. The first-order valence-corrected chi connectivity index (χ1v) is 13.6. The minimum atomic E-state index is -1.07. The molecule has 6 N–H and O–H groups in total. The lowest BCUT2D eigenvalue weighted by atomic mass is 9.99. The molecule has 2 amide bonds. The van der Waals surface area contributed by atoms with Gasteiger partial charge in [0.25, 0.3) is 5.91 Å². The molecule has 0 saturated carbocycles. The number of nitrogens with one attached hydrogen (secondary N) is 2. The van der Waals surface area contributed by atoms with E-state index in [1.165, 1.54) is 6.92 Å². The van der Waals surface area contributed by atoms with E-state index in [1.54, 1.807) is 42.5 Å². The largest absolute Gasteiger partial charge is 0.491 e. The molecule has 0 spiro atoms. The van der Waals surface area contributed by atoms with Crippen LogP contribution in [0.25, 0.3) is 10.9 Å². The van der Waals surface area contributed by atoms with Crippen LogP contribution < -0.4 is 26.8 Å². The van der Waals surface area contributed by atoms with Crippen molar-refractivity contribution in [3.05, 3.63) is 108 Å². The monoisotopic (exact) mass is 569 g/mol. The molecule has 0 aliphatic heterocycles. The number of fused-ring (bicyclic) bond motifs is 1. The number of rotatable bonds is 14. The van der Waals surface area contributed by atoms with Gasteiger partial charge < -0.3 is 31.6 Å². The number of pyridine rings is 1. The van der Waals surface area contributed by atoms with Crippen LogP contribution in [0.2, 0.25) is 0 Å². The van der Waals surface area contributed by atoms with Crippen molar-refractivity contribution >= 4 is 28.5 Å². The van der Waals surface area contributed by atoms with E-state index >= 15 is 0 Å². The Labute approximate surface area is 244 Å². The van der Waals surface area contributed by atoms with Crippen LogP contribution in [0.1, 0.15) is 33.3 Å². The number of para-hydroxylation sites is 2. The molecule has 3 aromatic carbocycles. The minimum absolute atomic E-state index is 0.0272. The number of nitrogens with two attached hydrogens (primary N) is 2. The van der Waals surface area contributed by atoms with E-state index in [0.29, 0.717) is 23.3 Å². The van der Waals surface area contributed by atoms with Crippen LogP contribution in [0.3, 0.4) is 0 Å². The number of Topliss-reactive ketones (excluding diaryl/α,β-unsaturated/α-hetero) is 1. The van der Waals surface area contributed by atoms with Crippen LogP contribution in [-0.4, -0.2) is 60.7 Å². The van der Waals surface area contributed by atoms with Gasteiger partial charge in [-0.05, 0) is 43.2 Å². The van der Waals surface area contributed by atoms with Gasteiger partial charge in [-0.1, -0.05) is 66.7 Å². The highest BCUT2D eigenvalue weighted by molar-refractivity contribution is 5.98. The van der Waals surface area contributed by atoms with Crippen molar-refractivity contribution in [3.8, 4) is 5.75 Å². The van der Waals surface area contributed by atoms with Gasteiger partial charge in [0.05, 0.1) is 36.5 Å². The molecule has 4 aromatic rings. The molecule has 0 aliphatic rings. The highest BCUT2D eigenvalue weighted by Gasteiger charge is 2.28. The van der Waals surface area contributed by atoms with Gasteiger partial charge in [0.15, 0.2) is 5.78 Å². The van der Waals surface area contributed by atoms with Crippen LogP contribution in [0.5, 0.6) is 5.75 Å². The Balaban J connectivity index is 1.50. The molecule has 4 rings (SSSR count). The van der Waals surface area contributed by atoms with E-state index < -0.39 is 29.9 Å². The molecule has 42 heavy (non-hydrogen) atoms. The fourth-order valence-corrected chi connectivity index (χ4v) is 4.44. The number of aromatic nitrogens is 1. The molecule has 0 aliphatic carbocycles. The predicted octanol–water partition coefficient (Wildman–Crippen LogP) is 2.60. The molecule has 0 bridgehead atoms. The molecule has 3 atom stereocenters. The zero-order valence-electron chi connectivity index (χ0n) is 23.4. The highest BCUT2D eigenvalue weighted by Crippen LogP contribution is 2.19. The molecule has 0 radical (unpaired) electrons. The maximum Gasteiger partial charge on any atom is 0.270 e. The Morgan fingerprint density at radius 2 is 1.57 bits per heavy atom. The second kappa shape index (κ2) is 14.8. The molecule has 1 heterocycles. The van der Waals surface area contributed by atoms with Crippen LogP contribution in [0, 0.1) is 0 Å². The summed E-state index contributed by atoms with van der Waals surface area (Å²) in [6.45, 7) is 1.20. The topological polar surface area (TPSA) is 159 Å². The molecule has 10 heteroatoms. The number of benzene rings is 3. The maximum absolute atomic E-state index is 13.5. The lowest BCUT2D eigenvalue weighted by molar-refractivity contribution is -0.125. The van der Waals surface area contributed by atoms with Crippen molar-refractivity contribution in [2.75, 3.05) is 19.9 Å². The Morgan fingerprint density at radius 1 is 0.857 bits per heavy atom. The number of ketones is 1. The number of carbonyl (C=O) groups is 3. The van der Waals surface area contributed by atoms with E-state index in [0.717, 1.165) is 10.9 Å². The van der Waals surface area contributed by atoms with Gasteiger partial charge in [0.2, 0.25) is 5.91 Å².